The van der Waals surface area contributed by atoms with E-state index in [9.17, 15) is 4.79 Å². The molecule has 2 aromatic carbocycles. The van der Waals surface area contributed by atoms with E-state index in [1.165, 1.54) is 5.56 Å². The number of amides is 1. The van der Waals surface area contributed by atoms with Gasteiger partial charge >= 0.3 is 0 Å². The summed E-state index contributed by atoms with van der Waals surface area (Å²) in [6, 6.07) is 19.7. The highest BCUT2D eigenvalue weighted by Crippen LogP contribution is 2.31. The summed E-state index contributed by atoms with van der Waals surface area (Å²) < 4.78 is 0. The van der Waals surface area contributed by atoms with Crippen LogP contribution < -0.4 is 5.32 Å². The lowest BCUT2D eigenvalue weighted by Crippen LogP contribution is -2.27. The zero-order valence-electron chi connectivity index (χ0n) is 13.7. The van der Waals surface area contributed by atoms with Crippen LogP contribution in [0.25, 0.3) is 0 Å². The fourth-order valence-electron chi connectivity index (χ4n) is 3.45. The standard InChI is InChI=1S/C21H22N2O/c22-15-18-8-12-20(13-9-18)23-21(24)19-10-6-17(7-11-19)14-16-4-2-1-3-5-16/h1-5,8-9,12-13,17,19H,6-7,10-11,14H2,(H,23,24). The predicted molar refractivity (Wildman–Crippen MR) is 95.4 cm³/mol. The molecule has 122 valence electrons. The van der Waals surface area contributed by atoms with Crippen LogP contribution in [0.15, 0.2) is 54.6 Å². The van der Waals surface area contributed by atoms with Crippen LogP contribution >= 0.6 is 0 Å². The van der Waals surface area contributed by atoms with Crippen LogP contribution in [-0.4, -0.2) is 5.91 Å². The van der Waals surface area contributed by atoms with Crippen molar-refractivity contribution in [2.75, 3.05) is 5.32 Å². The Balaban J connectivity index is 1.48. The third kappa shape index (κ3) is 4.23. The lowest BCUT2D eigenvalue weighted by atomic mass is 9.79. The maximum atomic E-state index is 12.4. The molecule has 0 atom stereocenters. The molecule has 0 saturated heterocycles. The van der Waals surface area contributed by atoms with Crippen LogP contribution in [0, 0.1) is 23.2 Å². The minimum Gasteiger partial charge on any atom is -0.326 e. The van der Waals surface area contributed by atoms with Crippen LogP contribution in [0.1, 0.15) is 36.8 Å². The molecule has 1 aliphatic carbocycles. The second-order valence-corrected chi connectivity index (χ2v) is 6.59. The Hall–Kier alpha value is -2.60. The lowest BCUT2D eigenvalue weighted by Gasteiger charge is -2.27. The molecule has 1 saturated carbocycles. The van der Waals surface area contributed by atoms with E-state index < -0.39 is 0 Å². The van der Waals surface area contributed by atoms with Gasteiger partial charge in [0.05, 0.1) is 11.6 Å². The number of nitrogens with one attached hydrogen (secondary N) is 1. The predicted octanol–water partition coefficient (Wildman–Crippen LogP) is 4.55. The van der Waals surface area contributed by atoms with E-state index in [-0.39, 0.29) is 11.8 Å². The van der Waals surface area contributed by atoms with E-state index in [0.717, 1.165) is 37.8 Å². The number of hydrogen-bond acceptors (Lipinski definition) is 2. The molecule has 3 nitrogen and oxygen atoms in total. The fourth-order valence-corrected chi connectivity index (χ4v) is 3.45. The van der Waals surface area contributed by atoms with Crippen molar-refractivity contribution in [2.45, 2.75) is 32.1 Å². The van der Waals surface area contributed by atoms with Gasteiger partial charge in [0.1, 0.15) is 0 Å². The van der Waals surface area contributed by atoms with Gasteiger partial charge < -0.3 is 5.32 Å². The van der Waals surface area contributed by atoms with Crippen LogP contribution in [0.2, 0.25) is 0 Å². The molecule has 0 aromatic heterocycles. The molecule has 0 aliphatic heterocycles. The summed E-state index contributed by atoms with van der Waals surface area (Å²) in [6.07, 6.45) is 5.25. The first-order chi connectivity index (χ1) is 11.7. The maximum Gasteiger partial charge on any atom is 0.227 e. The number of carbonyl (C=O) groups is 1. The minimum atomic E-state index is 0.104. The summed E-state index contributed by atoms with van der Waals surface area (Å²) in [5.74, 6) is 0.900. The lowest BCUT2D eigenvalue weighted by molar-refractivity contribution is -0.121. The number of hydrogen-bond donors (Lipinski definition) is 1. The smallest absolute Gasteiger partial charge is 0.227 e. The number of nitrogens with zero attached hydrogens (tertiary/aromatic N) is 1. The number of nitriles is 1. The Morgan fingerprint density at radius 2 is 1.67 bits per heavy atom. The van der Waals surface area contributed by atoms with Gasteiger partial charge in [0, 0.05) is 11.6 Å². The Morgan fingerprint density at radius 1 is 1.00 bits per heavy atom. The summed E-state index contributed by atoms with van der Waals surface area (Å²) in [5.41, 5.74) is 2.77. The fraction of sp³-hybridized carbons (Fsp3) is 0.333. The zero-order valence-corrected chi connectivity index (χ0v) is 13.7. The summed E-state index contributed by atoms with van der Waals surface area (Å²) in [4.78, 5) is 12.4. The van der Waals surface area contributed by atoms with Crippen molar-refractivity contribution in [1.82, 2.24) is 0 Å². The minimum absolute atomic E-state index is 0.104. The number of carbonyl (C=O) groups excluding carboxylic acids is 1. The molecule has 1 aliphatic rings. The first-order valence-electron chi connectivity index (χ1n) is 8.59. The number of benzene rings is 2. The van der Waals surface area contributed by atoms with Crippen molar-refractivity contribution in [3.8, 4) is 6.07 Å². The molecule has 24 heavy (non-hydrogen) atoms. The van der Waals surface area contributed by atoms with Gasteiger partial charge in [-0.25, -0.2) is 0 Å². The summed E-state index contributed by atoms with van der Waals surface area (Å²) in [6.45, 7) is 0. The van der Waals surface area contributed by atoms with E-state index in [2.05, 4.69) is 35.7 Å². The van der Waals surface area contributed by atoms with Crippen molar-refractivity contribution in [3.05, 3.63) is 65.7 Å². The third-order valence-corrected chi connectivity index (χ3v) is 4.87. The number of rotatable bonds is 4. The van der Waals surface area contributed by atoms with Gasteiger partial charge in [0.25, 0.3) is 0 Å². The highest BCUT2D eigenvalue weighted by Gasteiger charge is 2.26. The molecular formula is C21H22N2O. The van der Waals surface area contributed by atoms with E-state index in [1.54, 1.807) is 24.3 Å². The van der Waals surface area contributed by atoms with E-state index in [1.807, 2.05) is 6.07 Å². The molecule has 3 heteroatoms. The average Bonchev–Trinajstić information content (AvgIpc) is 2.64. The van der Waals surface area contributed by atoms with Crippen LogP contribution in [0.3, 0.4) is 0 Å². The molecule has 0 radical (unpaired) electrons. The van der Waals surface area contributed by atoms with Gasteiger partial charge in [-0.3, -0.25) is 4.79 Å². The largest absolute Gasteiger partial charge is 0.326 e. The summed E-state index contributed by atoms with van der Waals surface area (Å²) in [5, 5.41) is 11.8. The molecule has 0 bridgehead atoms. The normalized spacial score (nSPS) is 20.1. The Bertz CT molecular complexity index is 708. The molecule has 1 amide bonds. The van der Waals surface area contributed by atoms with Gasteiger partial charge in [-0.1, -0.05) is 30.3 Å². The topological polar surface area (TPSA) is 52.9 Å². The highest BCUT2D eigenvalue weighted by molar-refractivity contribution is 5.92. The Labute approximate surface area is 143 Å². The maximum absolute atomic E-state index is 12.4. The molecule has 2 aromatic rings. The number of anilines is 1. The van der Waals surface area contributed by atoms with Crippen LogP contribution in [0.4, 0.5) is 5.69 Å². The quantitative estimate of drug-likeness (QED) is 0.899. The molecule has 3 rings (SSSR count). The van der Waals surface area contributed by atoms with Crippen LogP contribution in [-0.2, 0) is 11.2 Å². The molecular weight excluding hydrogens is 296 g/mol. The van der Waals surface area contributed by atoms with E-state index in [0.29, 0.717) is 11.5 Å². The molecule has 0 spiro atoms. The third-order valence-electron chi connectivity index (χ3n) is 4.87. The van der Waals surface area contributed by atoms with Gasteiger partial charge in [-0.2, -0.15) is 5.26 Å². The van der Waals surface area contributed by atoms with Crippen molar-refractivity contribution >= 4 is 11.6 Å². The van der Waals surface area contributed by atoms with Gasteiger partial charge in [0.15, 0.2) is 0 Å². The van der Waals surface area contributed by atoms with Gasteiger partial charge in [0.2, 0.25) is 5.91 Å². The van der Waals surface area contributed by atoms with E-state index >= 15 is 0 Å². The van der Waals surface area contributed by atoms with Crippen LogP contribution in [0.5, 0.6) is 0 Å². The second-order valence-electron chi connectivity index (χ2n) is 6.59. The second kappa shape index (κ2) is 7.79. The van der Waals surface area contributed by atoms with Gasteiger partial charge in [-0.15, -0.1) is 0 Å². The molecule has 1 N–H and O–H groups in total. The first kappa shape index (κ1) is 16.3. The summed E-state index contributed by atoms with van der Waals surface area (Å²) in [7, 11) is 0. The first-order valence-corrected chi connectivity index (χ1v) is 8.59. The monoisotopic (exact) mass is 318 g/mol. The SMILES string of the molecule is N#Cc1ccc(NC(=O)C2CCC(Cc3ccccc3)CC2)cc1. The van der Waals surface area contributed by atoms with Crippen molar-refractivity contribution in [1.29, 1.82) is 5.26 Å². The van der Waals surface area contributed by atoms with Gasteiger partial charge in [-0.05, 0) is 67.9 Å². The summed E-state index contributed by atoms with van der Waals surface area (Å²) >= 11 is 0. The Morgan fingerprint density at radius 3 is 2.29 bits per heavy atom. The van der Waals surface area contributed by atoms with Crippen molar-refractivity contribution in [2.24, 2.45) is 11.8 Å². The van der Waals surface area contributed by atoms with E-state index in [4.69, 9.17) is 5.26 Å². The van der Waals surface area contributed by atoms with Crippen molar-refractivity contribution in [3.63, 3.8) is 0 Å². The Kier molecular flexibility index (Phi) is 5.28. The molecule has 0 heterocycles. The molecule has 1 fully saturated rings. The zero-order chi connectivity index (χ0) is 16.8. The average molecular weight is 318 g/mol. The van der Waals surface area contributed by atoms with Crippen molar-refractivity contribution < 1.29 is 4.79 Å². The highest BCUT2D eigenvalue weighted by atomic mass is 16.1. The molecule has 0 unspecified atom stereocenters.